The van der Waals surface area contributed by atoms with Gasteiger partial charge in [0.1, 0.15) is 6.04 Å². The number of carbonyl (C=O) groups is 3. The Morgan fingerprint density at radius 1 is 1.19 bits per heavy atom. The summed E-state index contributed by atoms with van der Waals surface area (Å²) in [5, 5.41) is 4.42. The van der Waals surface area contributed by atoms with Gasteiger partial charge < -0.3 is 16.8 Å². The maximum atomic E-state index is 11.8. The molecular weight excluding hydrogens is 296 g/mol. The second kappa shape index (κ2) is 8.93. The molecule has 4 amide bonds. The summed E-state index contributed by atoms with van der Waals surface area (Å²) in [6.45, 7) is 2.02. The predicted molar refractivity (Wildman–Crippen MR) is 80.7 cm³/mol. The molecule has 1 rings (SSSR count). The maximum Gasteiger partial charge on any atom is 0.318 e. The largest absolute Gasteiger partial charge is 0.354 e. The van der Waals surface area contributed by atoms with E-state index in [0.717, 1.165) is 5.56 Å². The van der Waals surface area contributed by atoms with Gasteiger partial charge in [-0.05, 0) is 12.5 Å². The molecule has 0 bridgehead atoms. The van der Waals surface area contributed by atoms with E-state index >= 15 is 0 Å². The van der Waals surface area contributed by atoms with Crippen LogP contribution in [-0.4, -0.2) is 24.4 Å². The molecule has 0 aromatic heterocycles. The molecule has 0 aliphatic rings. The number of nitrogens with two attached hydrogens (primary N) is 2. The maximum absolute atomic E-state index is 11.8. The number of imide groups is 1. The number of primary amides is 1. The van der Waals surface area contributed by atoms with Crippen molar-refractivity contribution in [2.45, 2.75) is 19.4 Å². The van der Waals surface area contributed by atoms with Crippen LogP contribution >= 0.6 is 12.4 Å². The van der Waals surface area contributed by atoms with Gasteiger partial charge in [-0.3, -0.25) is 14.9 Å². The molecule has 1 atom stereocenters. The molecule has 21 heavy (non-hydrogen) atoms. The van der Waals surface area contributed by atoms with Crippen molar-refractivity contribution in [3.05, 3.63) is 35.4 Å². The summed E-state index contributed by atoms with van der Waals surface area (Å²) in [7, 11) is 0. The lowest BCUT2D eigenvalue weighted by Gasteiger charge is -2.12. The monoisotopic (exact) mass is 314 g/mol. The molecule has 6 N–H and O–H groups in total. The third-order valence-corrected chi connectivity index (χ3v) is 2.63. The lowest BCUT2D eigenvalue weighted by atomic mass is 10.1. The van der Waals surface area contributed by atoms with Crippen LogP contribution in [0.2, 0.25) is 0 Å². The van der Waals surface area contributed by atoms with E-state index in [1.807, 2.05) is 24.4 Å². The highest BCUT2D eigenvalue weighted by Crippen LogP contribution is 2.11. The summed E-state index contributed by atoms with van der Waals surface area (Å²) < 4.78 is 0. The van der Waals surface area contributed by atoms with Crippen molar-refractivity contribution < 1.29 is 14.4 Å². The average Bonchev–Trinajstić information content (AvgIpc) is 2.37. The van der Waals surface area contributed by atoms with Crippen LogP contribution in [0.4, 0.5) is 4.79 Å². The zero-order valence-corrected chi connectivity index (χ0v) is 12.4. The summed E-state index contributed by atoms with van der Waals surface area (Å²) >= 11 is 0. The van der Waals surface area contributed by atoms with Crippen molar-refractivity contribution in [2.24, 2.45) is 11.5 Å². The van der Waals surface area contributed by atoms with Crippen LogP contribution in [0.3, 0.4) is 0 Å². The fourth-order valence-corrected chi connectivity index (χ4v) is 1.53. The summed E-state index contributed by atoms with van der Waals surface area (Å²) in [6.07, 6.45) is -0.0463. The van der Waals surface area contributed by atoms with E-state index in [9.17, 15) is 14.4 Å². The van der Waals surface area contributed by atoms with Crippen LogP contribution in [0.1, 0.15) is 23.6 Å². The number of halogens is 1. The Morgan fingerprint density at radius 3 is 2.29 bits per heavy atom. The lowest BCUT2D eigenvalue weighted by molar-refractivity contribution is -0.123. The fraction of sp³-hybridized carbons (Fsp3) is 0.308. The zero-order chi connectivity index (χ0) is 15.1. The first-order chi connectivity index (χ1) is 9.40. The van der Waals surface area contributed by atoms with Gasteiger partial charge in [0, 0.05) is 13.0 Å². The number of rotatable bonds is 5. The Hall–Kier alpha value is -2.12. The molecule has 116 valence electrons. The van der Waals surface area contributed by atoms with Gasteiger partial charge >= 0.3 is 6.03 Å². The van der Waals surface area contributed by atoms with Gasteiger partial charge in [0.05, 0.1) is 0 Å². The molecule has 1 aromatic carbocycles. The molecule has 0 radical (unpaired) electrons. The fourth-order valence-electron chi connectivity index (χ4n) is 1.53. The van der Waals surface area contributed by atoms with Gasteiger partial charge in [0.2, 0.25) is 11.8 Å². The molecule has 0 heterocycles. The van der Waals surface area contributed by atoms with Gasteiger partial charge in [-0.2, -0.15) is 0 Å². The summed E-state index contributed by atoms with van der Waals surface area (Å²) in [6, 6.07) is 5.57. The van der Waals surface area contributed by atoms with E-state index in [-0.39, 0.29) is 31.3 Å². The van der Waals surface area contributed by atoms with E-state index in [1.165, 1.54) is 0 Å². The minimum Gasteiger partial charge on any atom is -0.354 e. The third-order valence-electron chi connectivity index (χ3n) is 2.63. The Kier molecular flexibility index (Phi) is 8.03. The zero-order valence-electron chi connectivity index (χ0n) is 11.6. The third kappa shape index (κ3) is 6.73. The van der Waals surface area contributed by atoms with Gasteiger partial charge in [0.25, 0.3) is 0 Å². The second-order valence-corrected chi connectivity index (χ2v) is 4.34. The molecular formula is C13H19ClN4O3. The molecule has 1 unspecified atom stereocenters. The van der Waals surface area contributed by atoms with E-state index in [1.54, 1.807) is 12.1 Å². The number of nitrogens with one attached hydrogen (secondary N) is 2. The van der Waals surface area contributed by atoms with Crippen molar-refractivity contribution in [1.82, 2.24) is 10.6 Å². The van der Waals surface area contributed by atoms with Crippen molar-refractivity contribution in [2.75, 3.05) is 6.54 Å². The highest BCUT2D eigenvalue weighted by atomic mass is 35.5. The molecule has 0 aliphatic carbocycles. The first kappa shape index (κ1) is 18.9. The predicted octanol–water partition coefficient (Wildman–Crippen LogP) is 0.118. The quantitative estimate of drug-likeness (QED) is 0.615. The highest BCUT2D eigenvalue weighted by Gasteiger charge is 2.15. The van der Waals surface area contributed by atoms with Gasteiger partial charge in [-0.15, -0.1) is 12.4 Å². The topological polar surface area (TPSA) is 127 Å². The summed E-state index contributed by atoms with van der Waals surface area (Å²) in [5.74, 6) is -0.942. The van der Waals surface area contributed by atoms with Gasteiger partial charge in [0.15, 0.2) is 0 Å². The van der Waals surface area contributed by atoms with Crippen molar-refractivity contribution in [1.29, 1.82) is 0 Å². The van der Waals surface area contributed by atoms with Crippen molar-refractivity contribution in [3.63, 3.8) is 0 Å². The molecule has 0 fully saturated rings. The Labute approximate surface area is 128 Å². The number of benzene rings is 1. The van der Waals surface area contributed by atoms with Crippen LogP contribution in [0, 0.1) is 6.92 Å². The molecule has 7 nitrogen and oxygen atoms in total. The second-order valence-electron chi connectivity index (χ2n) is 4.34. The SMILES string of the molecule is Cc1ccc(C(N)C(=O)NCCC(=O)NC(N)=O)cc1.Cl. The molecule has 0 aliphatic heterocycles. The van der Waals surface area contributed by atoms with Crippen LogP contribution < -0.4 is 22.1 Å². The number of carbonyl (C=O) groups excluding carboxylic acids is 3. The number of aryl methyl sites for hydroxylation is 1. The smallest absolute Gasteiger partial charge is 0.318 e. The Balaban J connectivity index is 0.00000400. The number of hydrogen-bond donors (Lipinski definition) is 4. The minimum atomic E-state index is -0.919. The lowest BCUT2D eigenvalue weighted by Crippen LogP contribution is -2.39. The highest BCUT2D eigenvalue weighted by molar-refractivity contribution is 5.93. The van der Waals surface area contributed by atoms with Crippen LogP contribution in [0.5, 0.6) is 0 Å². The Bertz CT molecular complexity index is 505. The van der Waals surface area contributed by atoms with Crippen LogP contribution in [-0.2, 0) is 9.59 Å². The van der Waals surface area contributed by atoms with E-state index in [0.29, 0.717) is 5.56 Å². The van der Waals surface area contributed by atoms with E-state index < -0.39 is 18.0 Å². The molecule has 1 aromatic rings. The normalized spacial score (nSPS) is 11.0. The standard InChI is InChI=1S/C13H18N4O3.ClH/c1-8-2-4-9(5-3-8)11(14)12(19)16-7-6-10(18)17-13(15)20;/h2-5,11H,6-7,14H2,1H3,(H,16,19)(H3,15,17,18,20);1H. The van der Waals surface area contributed by atoms with E-state index in [2.05, 4.69) is 5.32 Å². The first-order valence-electron chi connectivity index (χ1n) is 6.09. The average molecular weight is 315 g/mol. The van der Waals surface area contributed by atoms with Crippen molar-refractivity contribution >= 4 is 30.3 Å². The minimum absolute atomic E-state index is 0. The Morgan fingerprint density at radius 2 is 1.76 bits per heavy atom. The number of amides is 4. The molecule has 8 heteroatoms. The first-order valence-corrected chi connectivity index (χ1v) is 6.09. The van der Waals surface area contributed by atoms with Crippen LogP contribution in [0.25, 0.3) is 0 Å². The summed E-state index contributed by atoms with van der Waals surface area (Å²) in [4.78, 5) is 33.3. The van der Waals surface area contributed by atoms with Crippen LogP contribution in [0.15, 0.2) is 24.3 Å². The summed E-state index contributed by atoms with van der Waals surface area (Å²) in [5.41, 5.74) is 12.3. The van der Waals surface area contributed by atoms with Gasteiger partial charge in [-0.25, -0.2) is 4.79 Å². The number of hydrogen-bond acceptors (Lipinski definition) is 4. The molecule has 0 spiro atoms. The molecule has 0 saturated heterocycles. The van der Waals surface area contributed by atoms with E-state index in [4.69, 9.17) is 11.5 Å². The number of urea groups is 1. The molecule has 0 saturated carbocycles. The van der Waals surface area contributed by atoms with Crippen molar-refractivity contribution in [3.8, 4) is 0 Å². The van der Waals surface area contributed by atoms with Gasteiger partial charge in [-0.1, -0.05) is 29.8 Å².